The van der Waals surface area contributed by atoms with Gasteiger partial charge in [0.05, 0.1) is 0 Å². The van der Waals surface area contributed by atoms with Crippen molar-refractivity contribution in [2.75, 3.05) is 10.2 Å². The number of thiophene rings is 1. The first-order valence-corrected chi connectivity index (χ1v) is 12.4. The molecule has 134 valence electrons. The molecule has 0 saturated carbocycles. The molecule has 1 atom stereocenters. The average Bonchev–Trinajstić information content (AvgIpc) is 3.22. The van der Waals surface area contributed by atoms with Crippen molar-refractivity contribution in [2.24, 2.45) is 0 Å². The van der Waals surface area contributed by atoms with Crippen molar-refractivity contribution < 1.29 is 4.57 Å². The molecule has 1 aromatic carbocycles. The zero-order chi connectivity index (χ0) is 17.9. The van der Waals surface area contributed by atoms with Gasteiger partial charge in [0.1, 0.15) is 16.6 Å². The lowest BCUT2D eigenvalue weighted by molar-refractivity contribution is -0.757. The molecule has 0 radical (unpaired) electrons. The maximum absolute atomic E-state index is 13.7. The van der Waals surface area contributed by atoms with E-state index in [9.17, 15) is 4.79 Å². The summed E-state index contributed by atoms with van der Waals surface area (Å²) in [5.41, 5.74) is 2.52. The van der Waals surface area contributed by atoms with Gasteiger partial charge in [-0.1, -0.05) is 52.1 Å². The predicted octanol–water partition coefficient (Wildman–Crippen LogP) is 4.47. The summed E-state index contributed by atoms with van der Waals surface area (Å²) < 4.78 is 5.49. The van der Waals surface area contributed by atoms with Crippen LogP contribution in [0.4, 0.5) is 0 Å². The Bertz CT molecular complexity index is 1070. The number of nitrogens with zero attached hydrogens (tertiary/aromatic N) is 2. The van der Waals surface area contributed by atoms with E-state index in [2.05, 4.69) is 34.1 Å². The van der Waals surface area contributed by atoms with Crippen LogP contribution in [-0.4, -0.2) is 14.7 Å². The molecule has 0 spiro atoms. The van der Waals surface area contributed by atoms with Gasteiger partial charge in [-0.2, -0.15) is 4.57 Å². The molecule has 1 unspecified atom stereocenters. The van der Waals surface area contributed by atoms with E-state index in [-0.39, 0.29) is 11.1 Å². The fraction of sp³-hybridized carbons (Fsp3) is 0.400. The Morgan fingerprint density at radius 3 is 2.77 bits per heavy atom. The predicted molar refractivity (Wildman–Crippen MR) is 118 cm³/mol. The van der Waals surface area contributed by atoms with E-state index in [1.807, 2.05) is 58.0 Å². The Morgan fingerprint density at radius 1 is 1.23 bits per heavy atom. The Hall–Kier alpha value is -0.860. The van der Waals surface area contributed by atoms with Gasteiger partial charge >= 0.3 is 10.7 Å². The quantitative estimate of drug-likeness (QED) is 0.227. The molecule has 3 aromatic rings. The third-order valence-electron chi connectivity index (χ3n) is 5.51. The van der Waals surface area contributed by atoms with Crippen molar-refractivity contribution in [3.8, 4) is 5.69 Å². The second-order valence-electron chi connectivity index (χ2n) is 7.40. The molecule has 26 heavy (non-hydrogen) atoms. The lowest BCUT2D eigenvalue weighted by atomic mass is 9.97. The van der Waals surface area contributed by atoms with Crippen molar-refractivity contribution >= 4 is 55.9 Å². The van der Waals surface area contributed by atoms with Crippen LogP contribution < -0.4 is 10.1 Å². The maximum atomic E-state index is 13.7. The largest absolute Gasteiger partial charge is 0.352 e. The molecule has 2 aliphatic rings. The summed E-state index contributed by atoms with van der Waals surface area (Å²) in [7, 11) is 0. The molecule has 2 aromatic heterocycles. The zero-order valence-corrected chi connectivity index (χ0v) is 18.4. The normalized spacial score (nSPS) is 21.8. The lowest BCUT2D eigenvalue weighted by Gasteiger charge is -2.19. The van der Waals surface area contributed by atoms with Crippen molar-refractivity contribution in [1.29, 1.82) is 0 Å². The van der Waals surface area contributed by atoms with Crippen LogP contribution in [-0.2, 0) is 18.4 Å². The third kappa shape index (κ3) is 2.37. The second kappa shape index (κ2) is 6.34. The second-order valence-corrected chi connectivity index (χ2v) is 10.2. The standard InChI is InChI=1S/C20H20IN2OS2/c1-20(11-21)12-25-19-22(13-7-3-2-4-8-13)17(24)16-14-9-5-6-10-15(14)26-18(16)23(19)20/h2-4,7-8H,5-6,9-12H2,1H3/q+1. The highest BCUT2D eigenvalue weighted by Gasteiger charge is 2.46. The average molecular weight is 495 g/mol. The van der Waals surface area contributed by atoms with Crippen molar-refractivity contribution in [1.82, 2.24) is 4.57 Å². The summed E-state index contributed by atoms with van der Waals surface area (Å²) in [5.74, 6) is 1.02. The Labute approximate surface area is 174 Å². The number of hydrogen-bond acceptors (Lipinski definition) is 3. The number of para-hydroxylation sites is 1. The van der Waals surface area contributed by atoms with E-state index in [0.29, 0.717) is 0 Å². The highest BCUT2D eigenvalue weighted by molar-refractivity contribution is 14.1. The Balaban J connectivity index is 1.95. The van der Waals surface area contributed by atoms with Gasteiger partial charge in [0, 0.05) is 15.1 Å². The fourth-order valence-electron chi connectivity index (χ4n) is 4.11. The van der Waals surface area contributed by atoms with E-state index < -0.39 is 0 Å². The molecule has 5 rings (SSSR count). The highest BCUT2D eigenvalue weighted by Crippen LogP contribution is 2.39. The minimum absolute atomic E-state index is 0.0521. The third-order valence-corrected chi connectivity index (χ3v) is 9.82. The first-order valence-electron chi connectivity index (χ1n) is 9.04. The first kappa shape index (κ1) is 17.3. The highest BCUT2D eigenvalue weighted by atomic mass is 127. The van der Waals surface area contributed by atoms with Gasteiger partial charge in [-0.3, -0.25) is 0 Å². The van der Waals surface area contributed by atoms with Crippen LogP contribution in [0.5, 0.6) is 0 Å². The van der Waals surface area contributed by atoms with Crippen LogP contribution in [0.1, 0.15) is 30.2 Å². The van der Waals surface area contributed by atoms with Crippen LogP contribution >= 0.6 is 45.7 Å². The monoisotopic (exact) mass is 495 g/mol. The van der Waals surface area contributed by atoms with Crippen LogP contribution in [0, 0.1) is 0 Å². The minimum atomic E-state index is 0.0521. The number of hydrogen-bond donors (Lipinski definition) is 0. The van der Waals surface area contributed by atoms with Crippen molar-refractivity contribution in [2.45, 2.75) is 43.3 Å². The molecule has 3 nitrogen and oxygen atoms in total. The number of aryl methyl sites for hydroxylation is 2. The smallest absolute Gasteiger partial charge is 0.240 e. The first-order chi connectivity index (χ1) is 12.6. The maximum Gasteiger partial charge on any atom is 0.352 e. The number of rotatable bonds is 2. The van der Waals surface area contributed by atoms with Crippen LogP contribution in [0.25, 0.3) is 15.9 Å². The summed E-state index contributed by atoms with van der Waals surface area (Å²) >= 11 is 6.20. The summed E-state index contributed by atoms with van der Waals surface area (Å²) in [4.78, 5) is 16.3. The molecule has 0 bridgehead atoms. The molecule has 3 heterocycles. The Morgan fingerprint density at radius 2 is 2.00 bits per heavy atom. The van der Waals surface area contributed by atoms with E-state index in [1.165, 1.54) is 28.1 Å². The SMILES string of the molecule is CC1(CI)CSc2n(-c3ccccc3)c(=O)c3c4c(sc3[n+]21)CCCC4. The lowest BCUT2D eigenvalue weighted by Crippen LogP contribution is -2.57. The van der Waals surface area contributed by atoms with Gasteiger partial charge in [-0.25, -0.2) is 9.36 Å². The van der Waals surface area contributed by atoms with Gasteiger partial charge in [0.25, 0.3) is 0 Å². The molecule has 1 aliphatic heterocycles. The molecule has 1 aliphatic carbocycles. The number of fused-ring (bicyclic) bond motifs is 5. The Kier molecular flexibility index (Phi) is 4.21. The van der Waals surface area contributed by atoms with E-state index >= 15 is 0 Å². The van der Waals surface area contributed by atoms with Crippen molar-refractivity contribution in [3.63, 3.8) is 0 Å². The van der Waals surface area contributed by atoms with Gasteiger partial charge in [0.2, 0.25) is 0 Å². The van der Waals surface area contributed by atoms with E-state index in [1.54, 1.807) is 0 Å². The summed E-state index contributed by atoms with van der Waals surface area (Å²) in [5, 5.41) is 2.07. The molecular formula is C20H20IN2OS2+. The topological polar surface area (TPSA) is 25.9 Å². The van der Waals surface area contributed by atoms with Crippen molar-refractivity contribution in [3.05, 3.63) is 51.1 Å². The zero-order valence-electron chi connectivity index (χ0n) is 14.6. The van der Waals surface area contributed by atoms with E-state index in [4.69, 9.17) is 0 Å². The molecular weight excluding hydrogens is 475 g/mol. The van der Waals surface area contributed by atoms with Crippen LogP contribution in [0.15, 0.2) is 40.3 Å². The number of alkyl halides is 1. The van der Waals surface area contributed by atoms with Crippen LogP contribution in [0.3, 0.4) is 0 Å². The molecule has 6 heteroatoms. The summed E-state index contributed by atoms with van der Waals surface area (Å²) in [6, 6.07) is 10.1. The van der Waals surface area contributed by atoms with Crippen LogP contribution in [0.2, 0.25) is 0 Å². The van der Waals surface area contributed by atoms with Gasteiger partial charge < -0.3 is 0 Å². The number of benzene rings is 1. The molecule has 0 N–H and O–H groups in total. The summed E-state index contributed by atoms with van der Waals surface area (Å²) in [6.07, 6.45) is 4.62. The molecule has 0 amide bonds. The fourth-order valence-corrected chi connectivity index (χ4v) is 8.09. The van der Waals surface area contributed by atoms with Gasteiger partial charge in [0.15, 0.2) is 4.83 Å². The molecule has 0 saturated heterocycles. The number of thioether (sulfide) groups is 1. The number of halogens is 1. The molecule has 0 fully saturated rings. The van der Waals surface area contributed by atoms with Gasteiger partial charge in [-0.15, -0.1) is 0 Å². The number of aromatic nitrogens is 2. The van der Waals surface area contributed by atoms with Gasteiger partial charge in [-0.05, 0) is 62.1 Å². The van der Waals surface area contributed by atoms with E-state index in [0.717, 1.165) is 39.3 Å². The minimum Gasteiger partial charge on any atom is -0.240 e. The summed E-state index contributed by atoms with van der Waals surface area (Å²) in [6.45, 7) is 2.33.